The van der Waals surface area contributed by atoms with Gasteiger partial charge >= 0.3 is 0 Å². The van der Waals surface area contributed by atoms with E-state index in [0.29, 0.717) is 11.5 Å². The molecule has 0 saturated carbocycles. The molecule has 2 fully saturated rings. The first-order valence-electron chi connectivity index (χ1n) is 6.38. The summed E-state index contributed by atoms with van der Waals surface area (Å²) in [6.45, 7) is 12.6. The molecule has 2 rings (SSSR count). The zero-order chi connectivity index (χ0) is 11.1. The Labute approximate surface area is 94.0 Å². The molecule has 2 aliphatic rings. The summed E-state index contributed by atoms with van der Waals surface area (Å²) >= 11 is 0. The standard InChI is InChI=1S/C13H25NO/c1-10(2)12-7-13(5-6-15-9-13)8-14(12)11(3)4/h10-12H,5-9H2,1-4H3. The van der Waals surface area contributed by atoms with E-state index in [1.165, 1.54) is 19.4 Å². The van der Waals surface area contributed by atoms with E-state index < -0.39 is 0 Å². The lowest BCUT2D eigenvalue weighted by Crippen LogP contribution is -2.39. The molecule has 0 aromatic rings. The van der Waals surface area contributed by atoms with Gasteiger partial charge < -0.3 is 4.74 Å². The maximum Gasteiger partial charge on any atom is 0.0536 e. The molecule has 0 N–H and O–H groups in total. The lowest BCUT2D eigenvalue weighted by molar-refractivity contribution is 0.141. The number of hydrogen-bond donors (Lipinski definition) is 0. The lowest BCUT2D eigenvalue weighted by atomic mass is 9.83. The van der Waals surface area contributed by atoms with Gasteiger partial charge in [-0.25, -0.2) is 0 Å². The molecule has 2 heterocycles. The van der Waals surface area contributed by atoms with Gasteiger partial charge in [-0.1, -0.05) is 13.8 Å². The Bertz CT molecular complexity index is 201. The van der Waals surface area contributed by atoms with Crippen LogP contribution in [0.2, 0.25) is 0 Å². The molecule has 2 aliphatic heterocycles. The van der Waals surface area contributed by atoms with Gasteiger partial charge in [0, 0.05) is 30.7 Å². The zero-order valence-corrected chi connectivity index (χ0v) is 10.6. The van der Waals surface area contributed by atoms with Crippen LogP contribution in [0.3, 0.4) is 0 Å². The quantitative estimate of drug-likeness (QED) is 0.696. The Balaban J connectivity index is 2.11. The molecular weight excluding hydrogens is 186 g/mol. The summed E-state index contributed by atoms with van der Waals surface area (Å²) in [5.74, 6) is 0.771. The van der Waals surface area contributed by atoms with Crippen LogP contribution in [0.1, 0.15) is 40.5 Å². The van der Waals surface area contributed by atoms with Crippen molar-refractivity contribution in [3.8, 4) is 0 Å². The molecule has 2 unspecified atom stereocenters. The fourth-order valence-corrected chi connectivity index (χ4v) is 3.25. The van der Waals surface area contributed by atoms with Crippen molar-refractivity contribution in [1.82, 2.24) is 4.90 Å². The van der Waals surface area contributed by atoms with E-state index in [0.717, 1.165) is 25.2 Å². The van der Waals surface area contributed by atoms with Gasteiger partial charge in [-0.05, 0) is 32.6 Å². The summed E-state index contributed by atoms with van der Waals surface area (Å²) in [5.41, 5.74) is 0.499. The SMILES string of the molecule is CC(C)C1CC2(CCOC2)CN1C(C)C. The summed E-state index contributed by atoms with van der Waals surface area (Å²) in [4.78, 5) is 2.69. The predicted octanol–water partition coefficient (Wildman–Crippen LogP) is 2.53. The van der Waals surface area contributed by atoms with Crippen molar-refractivity contribution in [2.24, 2.45) is 11.3 Å². The first-order chi connectivity index (χ1) is 7.04. The molecule has 2 atom stereocenters. The van der Waals surface area contributed by atoms with E-state index >= 15 is 0 Å². The van der Waals surface area contributed by atoms with Gasteiger partial charge in [0.1, 0.15) is 0 Å². The minimum atomic E-state index is 0.499. The van der Waals surface area contributed by atoms with Crippen LogP contribution in [0, 0.1) is 11.3 Å². The molecular formula is C13H25NO. The number of hydrogen-bond acceptors (Lipinski definition) is 2. The average Bonchev–Trinajstić information content (AvgIpc) is 2.74. The minimum absolute atomic E-state index is 0.499. The van der Waals surface area contributed by atoms with Gasteiger partial charge in [0.2, 0.25) is 0 Å². The van der Waals surface area contributed by atoms with Crippen LogP contribution in [0.15, 0.2) is 0 Å². The Morgan fingerprint density at radius 1 is 1.27 bits per heavy atom. The molecule has 0 aromatic heterocycles. The zero-order valence-electron chi connectivity index (χ0n) is 10.6. The van der Waals surface area contributed by atoms with Crippen molar-refractivity contribution < 1.29 is 4.74 Å². The second-order valence-electron chi connectivity index (χ2n) is 6.08. The summed E-state index contributed by atoms with van der Waals surface area (Å²) < 4.78 is 5.61. The molecule has 15 heavy (non-hydrogen) atoms. The largest absolute Gasteiger partial charge is 0.381 e. The summed E-state index contributed by atoms with van der Waals surface area (Å²) in [5, 5.41) is 0. The van der Waals surface area contributed by atoms with Gasteiger partial charge in [-0.2, -0.15) is 0 Å². The van der Waals surface area contributed by atoms with Crippen LogP contribution >= 0.6 is 0 Å². The maximum absolute atomic E-state index is 5.61. The molecule has 2 heteroatoms. The lowest BCUT2D eigenvalue weighted by Gasteiger charge is -2.30. The third-order valence-corrected chi connectivity index (χ3v) is 4.20. The maximum atomic E-state index is 5.61. The first-order valence-corrected chi connectivity index (χ1v) is 6.38. The molecule has 88 valence electrons. The van der Waals surface area contributed by atoms with E-state index in [-0.39, 0.29) is 0 Å². The Kier molecular flexibility index (Phi) is 3.09. The van der Waals surface area contributed by atoms with Gasteiger partial charge in [0.25, 0.3) is 0 Å². The van der Waals surface area contributed by atoms with Crippen LogP contribution in [0.5, 0.6) is 0 Å². The van der Waals surface area contributed by atoms with E-state index in [9.17, 15) is 0 Å². The highest BCUT2D eigenvalue weighted by atomic mass is 16.5. The van der Waals surface area contributed by atoms with Crippen LogP contribution < -0.4 is 0 Å². The fourth-order valence-electron chi connectivity index (χ4n) is 3.25. The summed E-state index contributed by atoms with van der Waals surface area (Å²) in [6.07, 6.45) is 2.63. The van der Waals surface area contributed by atoms with Crippen molar-refractivity contribution in [3.63, 3.8) is 0 Å². The molecule has 0 radical (unpaired) electrons. The fraction of sp³-hybridized carbons (Fsp3) is 1.00. The van der Waals surface area contributed by atoms with Crippen molar-refractivity contribution in [3.05, 3.63) is 0 Å². The smallest absolute Gasteiger partial charge is 0.0536 e. The van der Waals surface area contributed by atoms with E-state index in [2.05, 4.69) is 32.6 Å². The number of nitrogens with zero attached hydrogens (tertiary/aromatic N) is 1. The highest BCUT2D eigenvalue weighted by molar-refractivity contribution is 4.99. The molecule has 0 aromatic carbocycles. The van der Waals surface area contributed by atoms with Crippen molar-refractivity contribution >= 4 is 0 Å². The second kappa shape index (κ2) is 4.06. The van der Waals surface area contributed by atoms with E-state index in [1.807, 2.05) is 0 Å². The second-order valence-corrected chi connectivity index (χ2v) is 6.08. The average molecular weight is 211 g/mol. The third-order valence-electron chi connectivity index (χ3n) is 4.20. The topological polar surface area (TPSA) is 12.5 Å². The van der Waals surface area contributed by atoms with E-state index in [4.69, 9.17) is 4.74 Å². The van der Waals surface area contributed by atoms with Gasteiger partial charge in [-0.15, -0.1) is 0 Å². The number of rotatable bonds is 2. The van der Waals surface area contributed by atoms with Crippen LogP contribution in [0.4, 0.5) is 0 Å². The molecule has 2 saturated heterocycles. The number of likely N-dealkylation sites (tertiary alicyclic amines) is 1. The van der Waals surface area contributed by atoms with Crippen molar-refractivity contribution in [2.45, 2.75) is 52.6 Å². The monoisotopic (exact) mass is 211 g/mol. The normalized spacial score (nSPS) is 37.6. The predicted molar refractivity (Wildman–Crippen MR) is 63.0 cm³/mol. The summed E-state index contributed by atoms with van der Waals surface area (Å²) in [6, 6.07) is 1.45. The first kappa shape index (κ1) is 11.4. The Morgan fingerprint density at radius 2 is 2.00 bits per heavy atom. The molecule has 1 spiro atoms. The third kappa shape index (κ3) is 2.07. The van der Waals surface area contributed by atoms with Crippen molar-refractivity contribution in [2.75, 3.05) is 19.8 Å². The Hall–Kier alpha value is -0.0800. The van der Waals surface area contributed by atoms with Crippen LogP contribution in [0.25, 0.3) is 0 Å². The molecule has 0 amide bonds. The molecule has 2 nitrogen and oxygen atoms in total. The van der Waals surface area contributed by atoms with Crippen LogP contribution in [-0.4, -0.2) is 36.7 Å². The van der Waals surface area contributed by atoms with Gasteiger partial charge in [0.15, 0.2) is 0 Å². The van der Waals surface area contributed by atoms with Gasteiger partial charge in [-0.3, -0.25) is 4.90 Å². The highest BCUT2D eigenvalue weighted by Crippen LogP contribution is 2.44. The Morgan fingerprint density at radius 3 is 2.40 bits per heavy atom. The molecule has 0 aliphatic carbocycles. The van der Waals surface area contributed by atoms with Crippen LogP contribution in [-0.2, 0) is 4.74 Å². The van der Waals surface area contributed by atoms with E-state index in [1.54, 1.807) is 0 Å². The molecule has 0 bridgehead atoms. The van der Waals surface area contributed by atoms with Gasteiger partial charge in [0.05, 0.1) is 6.61 Å². The van der Waals surface area contributed by atoms with Crippen molar-refractivity contribution in [1.29, 1.82) is 0 Å². The minimum Gasteiger partial charge on any atom is -0.381 e. The number of ether oxygens (including phenoxy) is 1. The summed E-state index contributed by atoms with van der Waals surface area (Å²) in [7, 11) is 0. The highest BCUT2D eigenvalue weighted by Gasteiger charge is 2.47.